The van der Waals surface area contributed by atoms with Gasteiger partial charge in [-0.15, -0.1) is 0 Å². The number of Topliss-reactive ketones (excluding diaryl/α,β-unsaturated/α-hetero) is 1. The van der Waals surface area contributed by atoms with Crippen LogP contribution < -0.4 is 0 Å². The number of aromatic nitrogens is 1. The van der Waals surface area contributed by atoms with Crippen LogP contribution in [0, 0.1) is 11.8 Å². The van der Waals surface area contributed by atoms with Crippen LogP contribution in [0.15, 0.2) is 36.5 Å². The summed E-state index contributed by atoms with van der Waals surface area (Å²) in [7, 11) is 0. The van der Waals surface area contributed by atoms with E-state index in [-0.39, 0.29) is 17.6 Å². The molecule has 3 nitrogen and oxygen atoms in total. The van der Waals surface area contributed by atoms with Crippen molar-refractivity contribution < 1.29 is 9.53 Å². The minimum atomic E-state index is 0.0664. The van der Waals surface area contributed by atoms with Gasteiger partial charge in [-0.25, -0.2) is 0 Å². The molecule has 1 saturated heterocycles. The summed E-state index contributed by atoms with van der Waals surface area (Å²) in [5.41, 5.74) is 1.65. The van der Waals surface area contributed by atoms with Gasteiger partial charge in [0, 0.05) is 36.3 Å². The highest BCUT2D eigenvalue weighted by Gasteiger charge is 2.29. The lowest BCUT2D eigenvalue weighted by molar-refractivity contribution is 0.0241. The van der Waals surface area contributed by atoms with E-state index in [0.29, 0.717) is 13.2 Å². The number of pyridine rings is 1. The van der Waals surface area contributed by atoms with E-state index in [0.717, 1.165) is 22.9 Å². The minimum absolute atomic E-state index is 0.0664. The first-order valence-electron chi connectivity index (χ1n) is 6.72. The number of ketones is 1. The number of carbonyl (C=O) groups excluding carboxylic acids is 1. The monoisotopic (exact) mass is 255 g/mol. The molecule has 2 heterocycles. The molecule has 1 aliphatic rings. The molecular weight excluding hydrogens is 238 g/mol. The zero-order valence-corrected chi connectivity index (χ0v) is 11.0. The molecule has 0 bridgehead atoms. The maximum Gasteiger partial charge on any atom is 0.167 e. The Kier molecular flexibility index (Phi) is 3.30. The van der Waals surface area contributed by atoms with Gasteiger partial charge in [-0.2, -0.15) is 0 Å². The maximum atomic E-state index is 12.6. The number of carbonyl (C=O) groups is 1. The molecule has 1 aromatic carbocycles. The number of fused-ring (bicyclic) bond motifs is 1. The van der Waals surface area contributed by atoms with E-state index in [1.165, 1.54) is 0 Å². The zero-order chi connectivity index (χ0) is 13.2. The fourth-order valence-electron chi connectivity index (χ4n) is 2.69. The van der Waals surface area contributed by atoms with E-state index < -0.39 is 0 Å². The SMILES string of the molecule is CC1COCCC1C(=O)c1cnc2ccccc2c1. The molecular formula is C16H17NO2. The molecule has 0 amide bonds. The van der Waals surface area contributed by atoms with Crippen LogP contribution in [-0.4, -0.2) is 24.0 Å². The molecule has 2 unspecified atom stereocenters. The first-order valence-corrected chi connectivity index (χ1v) is 6.72. The minimum Gasteiger partial charge on any atom is -0.381 e. The van der Waals surface area contributed by atoms with Gasteiger partial charge in [0.1, 0.15) is 0 Å². The van der Waals surface area contributed by atoms with Crippen LogP contribution in [0.2, 0.25) is 0 Å². The first kappa shape index (κ1) is 12.3. The molecule has 1 aliphatic heterocycles. The van der Waals surface area contributed by atoms with Crippen LogP contribution in [0.25, 0.3) is 10.9 Å². The highest BCUT2D eigenvalue weighted by atomic mass is 16.5. The van der Waals surface area contributed by atoms with Crippen LogP contribution in [0.3, 0.4) is 0 Å². The van der Waals surface area contributed by atoms with Crippen molar-refractivity contribution in [2.24, 2.45) is 11.8 Å². The standard InChI is InChI=1S/C16H17NO2/c1-11-10-19-7-6-14(11)16(18)13-8-12-4-2-3-5-15(12)17-9-13/h2-5,8-9,11,14H,6-7,10H2,1H3. The largest absolute Gasteiger partial charge is 0.381 e. The normalized spacial score (nSPS) is 23.4. The van der Waals surface area contributed by atoms with Crippen molar-refractivity contribution in [2.75, 3.05) is 13.2 Å². The average molecular weight is 255 g/mol. The van der Waals surface area contributed by atoms with Crippen LogP contribution >= 0.6 is 0 Å². The second-order valence-electron chi connectivity index (χ2n) is 5.23. The molecule has 2 atom stereocenters. The van der Waals surface area contributed by atoms with Crippen molar-refractivity contribution in [3.63, 3.8) is 0 Å². The van der Waals surface area contributed by atoms with Gasteiger partial charge in [0.05, 0.1) is 5.52 Å². The Hall–Kier alpha value is -1.74. The van der Waals surface area contributed by atoms with Crippen molar-refractivity contribution in [3.05, 3.63) is 42.1 Å². The lowest BCUT2D eigenvalue weighted by atomic mass is 9.84. The van der Waals surface area contributed by atoms with E-state index >= 15 is 0 Å². The van der Waals surface area contributed by atoms with Crippen molar-refractivity contribution in [1.82, 2.24) is 4.98 Å². The van der Waals surface area contributed by atoms with Crippen LogP contribution in [0.5, 0.6) is 0 Å². The summed E-state index contributed by atoms with van der Waals surface area (Å²) in [5.74, 6) is 0.554. The maximum absolute atomic E-state index is 12.6. The smallest absolute Gasteiger partial charge is 0.167 e. The Bertz CT molecular complexity index is 608. The highest BCUT2D eigenvalue weighted by molar-refractivity contribution is 6.00. The predicted octanol–water partition coefficient (Wildman–Crippen LogP) is 3.09. The Labute approximate surface area is 112 Å². The summed E-state index contributed by atoms with van der Waals surface area (Å²) in [4.78, 5) is 16.9. The molecule has 0 saturated carbocycles. The Morgan fingerprint density at radius 1 is 1.37 bits per heavy atom. The fraction of sp³-hybridized carbons (Fsp3) is 0.375. The molecule has 0 N–H and O–H groups in total. The lowest BCUT2D eigenvalue weighted by Crippen LogP contribution is -2.31. The third-order valence-corrected chi connectivity index (χ3v) is 3.85. The second kappa shape index (κ2) is 5.10. The van der Waals surface area contributed by atoms with Crippen LogP contribution in [0.1, 0.15) is 23.7 Å². The molecule has 0 aliphatic carbocycles. The van der Waals surface area contributed by atoms with Gasteiger partial charge >= 0.3 is 0 Å². The summed E-state index contributed by atoms with van der Waals surface area (Å²) in [6, 6.07) is 9.83. The molecule has 3 rings (SSSR count). The van der Waals surface area contributed by atoms with Gasteiger partial charge in [-0.05, 0) is 24.5 Å². The molecule has 0 spiro atoms. The van der Waals surface area contributed by atoms with Gasteiger partial charge in [-0.1, -0.05) is 25.1 Å². The Morgan fingerprint density at radius 3 is 3.05 bits per heavy atom. The summed E-state index contributed by atoms with van der Waals surface area (Å²) in [5, 5.41) is 1.02. The fourth-order valence-corrected chi connectivity index (χ4v) is 2.69. The molecule has 3 heteroatoms. The molecule has 19 heavy (non-hydrogen) atoms. The highest BCUT2D eigenvalue weighted by Crippen LogP contribution is 2.26. The predicted molar refractivity (Wildman–Crippen MR) is 74.2 cm³/mol. The third-order valence-electron chi connectivity index (χ3n) is 3.85. The number of hydrogen-bond acceptors (Lipinski definition) is 3. The molecule has 2 aromatic rings. The van der Waals surface area contributed by atoms with E-state index in [4.69, 9.17) is 4.74 Å². The van der Waals surface area contributed by atoms with E-state index in [1.807, 2.05) is 30.3 Å². The number of rotatable bonds is 2. The number of ether oxygens (including phenoxy) is 1. The van der Waals surface area contributed by atoms with Gasteiger partial charge in [0.2, 0.25) is 0 Å². The van der Waals surface area contributed by atoms with E-state index in [2.05, 4.69) is 11.9 Å². The van der Waals surface area contributed by atoms with E-state index in [1.54, 1.807) is 6.20 Å². The number of hydrogen-bond donors (Lipinski definition) is 0. The van der Waals surface area contributed by atoms with Crippen LogP contribution in [-0.2, 0) is 4.74 Å². The molecule has 98 valence electrons. The summed E-state index contributed by atoms with van der Waals surface area (Å²) < 4.78 is 5.40. The lowest BCUT2D eigenvalue weighted by Gasteiger charge is -2.27. The zero-order valence-electron chi connectivity index (χ0n) is 11.0. The second-order valence-corrected chi connectivity index (χ2v) is 5.23. The van der Waals surface area contributed by atoms with E-state index in [9.17, 15) is 4.79 Å². The van der Waals surface area contributed by atoms with Gasteiger partial charge in [0.15, 0.2) is 5.78 Å². The van der Waals surface area contributed by atoms with Crippen molar-refractivity contribution in [1.29, 1.82) is 0 Å². The summed E-state index contributed by atoms with van der Waals surface area (Å²) in [6.45, 7) is 3.44. The molecule has 1 fully saturated rings. The topological polar surface area (TPSA) is 39.2 Å². The number of nitrogens with zero attached hydrogens (tertiary/aromatic N) is 1. The first-order chi connectivity index (χ1) is 9.25. The van der Waals surface area contributed by atoms with Gasteiger partial charge in [0.25, 0.3) is 0 Å². The molecule has 0 radical (unpaired) electrons. The van der Waals surface area contributed by atoms with Crippen molar-refractivity contribution in [2.45, 2.75) is 13.3 Å². The van der Waals surface area contributed by atoms with Crippen molar-refractivity contribution in [3.8, 4) is 0 Å². The third kappa shape index (κ3) is 2.38. The van der Waals surface area contributed by atoms with Crippen LogP contribution in [0.4, 0.5) is 0 Å². The van der Waals surface area contributed by atoms with Gasteiger partial charge < -0.3 is 4.74 Å². The quantitative estimate of drug-likeness (QED) is 0.774. The number of para-hydroxylation sites is 1. The Morgan fingerprint density at radius 2 is 2.21 bits per heavy atom. The summed E-state index contributed by atoms with van der Waals surface area (Å²) >= 11 is 0. The van der Waals surface area contributed by atoms with Crippen molar-refractivity contribution >= 4 is 16.7 Å². The summed E-state index contributed by atoms with van der Waals surface area (Å²) in [6.07, 6.45) is 2.51. The average Bonchev–Trinajstić information content (AvgIpc) is 2.46. The molecule has 1 aromatic heterocycles. The Balaban J connectivity index is 1.92. The number of benzene rings is 1. The van der Waals surface area contributed by atoms with Gasteiger partial charge in [-0.3, -0.25) is 9.78 Å².